The van der Waals surface area contributed by atoms with Crippen LogP contribution in [0.15, 0.2) is 36.4 Å². The standard InChI is InChI=1S/C15H13FO4/c1-19-15-6-10(8-17)2-4-14(15)20-13-5-3-12(16)7-11(13)9-18/h2-7,9,17H,8H2,1H3. The SMILES string of the molecule is COc1cc(CO)ccc1Oc1ccc(F)cc1C=O. The zero-order chi connectivity index (χ0) is 14.5. The van der Waals surface area contributed by atoms with Crippen molar-refractivity contribution in [1.29, 1.82) is 0 Å². The lowest BCUT2D eigenvalue weighted by molar-refractivity contribution is 0.112. The fourth-order valence-corrected chi connectivity index (χ4v) is 1.72. The fourth-order valence-electron chi connectivity index (χ4n) is 1.72. The lowest BCUT2D eigenvalue weighted by Crippen LogP contribution is -1.95. The summed E-state index contributed by atoms with van der Waals surface area (Å²) >= 11 is 0. The van der Waals surface area contributed by atoms with Crippen molar-refractivity contribution in [1.82, 2.24) is 0 Å². The van der Waals surface area contributed by atoms with E-state index in [1.807, 2.05) is 0 Å². The van der Waals surface area contributed by atoms with Gasteiger partial charge in [-0.2, -0.15) is 0 Å². The van der Waals surface area contributed by atoms with Gasteiger partial charge < -0.3 is 14.6 Å². The van der Waals surface area contributed by atoms with Crippen molar-refractivity contribution in [2.75, 3.05) is 7.11 Å². The molecule has 0 saturated carbocycles. The lowest BCUT2D eigenvalue weighted by atomic mass is 10.2. The monoisotopic (exact) mass is 276 g/mol. The van der Waals surface area contributed by atoms with Crippen LogP contribution in [-0.4, -0.2) is 18.5 Å². The maximum absolute atomic E-state index is 13.1. The first-order chi connectivity index (χ1) is 9.67. The Bertz CT molecular complexity index is 625. The zero-order valence-electron chi connectivity index (χ0n) is 10.8. The third kappa shape index (κ3) is 2.95. The summed E-state index contributed by atoms with van der Waals surface area (Å²) in [4.78, 5) is 10.9. The van der Waals surface area contributed by atoms with Crippen LogP contribution in [-0.2, 0) is 6.61 Å². The highest BCUT2D eigenvalue weighted by atomic mass is 19.1. The molecule has 0 bridgehead atoms. The minimum atomic E-state index is -0.512. The number of hydrogen-bond donors (Lipinski definition) is 1. The second-order valence-corrected chi connectivity index (χ2v) is 4.05. The molecule has 1 N–H and O–H groups in total. The smallest absolute Gasteiger partial charge is 0.169 e. The molecular formula is C15H13FO4. The van der Waals surface area contributed by atoms with E-state index in [9.17, 15) is 9.18 Å². The molecule has 0 radical (unpaired) electrons. The van der Waals surface area contributed by atoms with Crippen molar-refractivity contribution in [2.45, 2.75) is 6.61 Å². The van der Waals surface area contributed by atoms with Crippen molar-refractivity contribution in [3.63, 3.8) is 0 Å². The van der Waals surface area contributed by atoms with Crippen LogP contribution in [0.2, 0.25) is 0 Å². The Morgan fingerprint density at radius 3 is 2.55 bits per heavy atom. The number of rotatable bonds is 5. The van der Waals surface area contributed by atoms with Crippen LogP contribution in [0.1, 0.15) is 15.9 Å². The molecule has 0 saturated heterocycles. The first kappa shape index (κ1) is 14.0. The van der Waals surface area contributed by atoms with E-state index < -0.39 is 5.82 Å². The number of aliphatic hydroxyl groups excluding tert-OH is 1. The molecule has 0 aliphatic carbocycles. The van der Waals surface area contributed by atoms with Crippen molar-refractivity contribution in [2.24, 2.45) is 0 Å². The van der Waals surface area contributed by atoms with Crippen LogP contribution < -0.4 is 9.47 Å². The number of carbonyl (C=O) groups is 1. The molecule has 0 amide bonds. The van der Waals surface area contributed by atoms with E-state index in [2.05, 4.69) is 0 Å². The van der Waals surface area contributed by atoms with Gasteiger partial charge in [-0.1, -0.05) is 6.07 Å². The Morgan fingerprint density at radius 2 is 1.90 bits per heavy atom. The van der Waals surface area contributed by atoms with Gasteiger partial charge in [0.1, 0.15) is 11.6 Å². The van der Waals surface area contributed by atoms with Crippen molar-refractivity contribution < 1.29 is 23.8 Å². The Morgan fingerprint density at radius 1 is 1.15 bits per heavy atom. The van der Waals surface area contributed by atoms with Gasteiger partial charge in [0.05, 0.1) is 19.3 Å². The molecule has 0 fully saturated rings. The minimum Gasteiger partial charge on any atom is -0.493 e. The largest absolute Gasteiger partial charge is 0.493 e. The number of carbonyl (C=O) groups excluding carboxylic acids is 1. The van der Waals surface area contributed by atoms with Gasteiger partial charge in [0.25, 0.3) is 0 Å². The summed E-state index contributed by atoms with van der Waals surface area (Å²) in [5, 5.41) is 9.07. The maximum atomic E-state index is 13.1. The molecule has 2 aromatic carbocycles. The van der Waals surface area contributed by atoms with Gasteiger partial charge in [-0.25, -0.2) is 4.39 Å². The van der Waals surface area contributed by atoms with E-state index in [0.717, 1.165) is 6.07 Å². The molecule has 2 aromatic rings. The minimum absolute atomic E-state index is 0.110. The van der Waals surface area contributed by atoms with Crippen molar-refractivity contribution >= 4 is 6.29 Å². The van der Waals surface area contributed by atoms with Gasteiger partial charge in [-0.3, -0.25) is 4.79 Å². The van der Waals surface area contributed by atoms with Crippen LogP contribution in [0.4, 0.5) is 4.39 Å². The average Bonchev–Trinajstić information content (AvgIpc) is 2.49. The molecule has 2 rings (SSSR count). The predicted octanol–water partition coefficient (Wildman–Crippen LogP) is 2.93. The zero-order valence-corrected chi connectivity index (χ0v) is 10.8. The third-order valence-electron chi connectivity index (χ3n) is 2.73. The highest BCUT2D eigenvalue weighted by Gasteiger charge is 2.10. The van der Waals surface area contributed by atoms with Crippen LogP contribution in [0, 0.1) is 5.82 Å². The van der Waals surface area contributed by atoms with Crippen LogP contribution in [0.3, 0.4) is 0 Å². The number of aliphatic hydroxyl groups is 1. The van der Waals surface area contributed by atoms with E-state index in [0.29, 0.717) is 23.3 Å². The molecule has 20 heavy (non-hydrogen) atoms. The molecule has 0 aliphatic rings. The fraction of sp³-hybridized carbons (Fsp3) is 0.133. The second-order valence-electron chi connectivity index (χ2n) is 4.05. The van der Waals surface area contributed by atoms with Gasteiger partial charge in [-0.15, -0.1) is 0 Å². The Labute approximate surface area is 115 Å². The Balaban J connectivity index is 2.37. The van der Waals surface area contributed by atoms with Crippen LogP contribution in [0.25, 0.3) is 0 Å². The Kier molecular flexibility index (Phi) is 4.32. The summed E-state index contributed by atoms with van der Waals surface area (Å²) in [6.45, 7) is -0.118. The van der Waals surface area contributed by atoms with Gasteiger partial charge >= 0.3 is 0 Å². The summed E-state index contributed by atoms with van der Waals surface area (Å²) in [5.41, 5.74) is 0.780. The number of hydrogen-bond acceptors (Lipinski definition) is 4. The van der Waals surface area contributed by atoms with E-state index in [-0.39, 0.29) is 17.9 Å². The highest BCUT2D eigenvalue weighted by Crippen LogP contribution is 2.33. The number of halogens is 1. The first-order valence-electron chi connectivity index (χ1n) is 5.88. The molecule has 4 nitrogen and oxygen atoms in total. The molecule has 0 spiro atoms. The molecule has 0 aromatic heterocycles. The molecule has 0 heterocycles. The summed E-state index contributed by atoms with van der Waals surface area (Å²) in [5.74, 6) is 0.510. The second kappa shape index (κ2) is 6.16. The number of aldehydes is 1. The summed E-state index contributed by atoms with van der Waals surface area (Å²) in [7, 11) is 1.47. The highest BCUT2D eigenvalue weighted by molar-refractivity contribution is 5.79. The molecule has 5 heteroatoms. The van der Waals surface area contributed by atoms with Gasteiger partial charge in [-0.05, 0) is 35.9 Å². The Hall–Kier alpha value is -2.40. The summed E-state index contributed by atoms with van der Waals surface area (Å²) in [6, 6.07) is 8.58. The predicted molar refractivity (Wildman–Crippen MR) is 70.8 cm³/mol. The maximum Gasteiger partial charge on any atom is 0.169 e. The van der Waals surface area contributed by atoms with Gasteiger partial charge in [0.15, 0.2) is 17.8 Å². The van der Waals surface area contributed by atoms with Gasteiger partial charge in [0, 0.05) is 0 Å². The van der Waals surface area contributed by atoms with Gasteiger partial charge in [0.2, 0.25) is 0 Å². The number of ether oxygens (including phenoxy) is 2. The van der Waals surface area contributed by atoms with E-state index >= 15 is 0 Å². The first-order valence-corrected chi connectivity index (χ1v) is 5.88. The lowest BCUT2D eigenvalue weighted by Gasteiger charge is -2.12. The molecule has 0 atom stereocenters. The summed E-state index contributed by atoms with van der Waals surface area (Å²) < 4.78 is 23.8. The van der Waals surface area contributed by atoms with E-state index in [1.165, 1.54) is 19.2 Å². The average molecular weight is 276 g/mol. The third-order valence-corrected chi connectivity index (χ3v) is 2.73. The normalized spacial score (nSPS) is 10.2. The van der Waals surface area contributed by atoms with Crippen LogP contribution in [0.5, 0.6) is 17.2 Å². The molecule has 0 unspecified atom stereocenters. The molecular weight excluding hydrogens is 263 g/mol. The van der Waals surface area contributed by atoms with E-state index in [1.54, 1.807) is 18.2 Å². The number of benzene rings is 2. The van der Waals surface area contributed by atoms with E-state index in [4.69, 9.17) is 14.6 Å². The molecule has 0 aliphatic heterocycles. The van der Waals surface area contributed by atoms with Crippen molar-refractivity contribution in [3.05, 3.63) is 53.3 Å². The quantitative estimate of drug-likeness (QED) is 0.853. The topological polar surface area (TPSA) is 55.8 Å². The van der Waals surface area contributed by atoms with Crippen LogP contribution >= 0.6 is 0 Å². The summed E-state index contributed by atoms with van der Waals surface area (Å²) in [6.07, 6.45) is 0.521. The van der Waals surface area contributed by atoms with Crippen molar-refractivity contribution in [3.8, 4) is 17.2 Å². The number of methoxy groups -OCH3 is 1. The molecule has 104 valence electrons.